The highest BCUT2D eigenvalue weighted by Crippen LogP contribution is 2.53. The fourth-order valence-corrected chi connectivity index (χ4v) is 4.81. The molecule has 0 radical (unpaired) electrons. The second-order valence-electron chi connectivity index (χ2n) is 7.86. The van der Waals surface area contributed by atoms with Crippen molar-refractivity contribution in [3.05, 3.63) is 56.3 Å². The molecule has 1 amide bonds. The molecule has 0 saturated carbocycles. The van der Waals surface area contributed by atoms with Gasteiger partial charge < -0.3 is 26.0 Å². The fraction of sp³-hybridized carbons (Fsp3) is 0.364. The first-order valence-electron chi connectivity index (χ1n) is 10.7. The van der Waals surface area contributed by atoms with E-state index < -0.39 is 36.3 Å². The largest absolute Gasteiger partial charge is 0.490 e. The number of nitrogens with one attached hydrogen (secondary N) is 2. The minimum Gasteiger partial charge on any atom is -0.479 e. The van der Waals surface area contributed by atoms with Crippen LogP contribution >= 0.6 is 11.3 Å². The number of hydrogen-bond acceptors (Lipinski definition) is 8. The zero-order chi connectivity index (χ0) is 27.4. The number of carbonyl (C=O) groups is 4. The Morgan fingerprint density at radius 2 is 1.86 bits per heavy atom. The number of benzene rings is 1. The van der Waals surface area contributed by atoms with Crippen molar-refractivity contribution in [2.45, 2.75) is 31.2 Å². The second kappa shape index (κ2) is 11.2. The molecule has 2 heterocycles. The molecule has 15 heteroatoms. The smallest absolute Gasteiger partial charge is 0.479 e. The van der Waals surface area contributed by atoms with E-state index >= 15 is 0 Å². The van der Waals surface area contributed by atoms with Gasteiger partial charge in [-0.25, -0.2) is 24.2 Å². The fourth-order valence-electron chi connectivity index (χ4n) is 3.71. The van der Waals surface area contributed by atoms with Gasteiger partial charge in [0, 0.05) is 35.6 Å². The lowest BCUT2D eigenvalue weighted by Crippen LogP contribution is -2.28. The lowest BCUT2D eigenvalue weighted by Gasteiger charge is -2.11. The number of alkyl halides is 3. The Kier molecular flexibility index (Phi) is 8.53. The SMILES string of the molecule is O=C(O)C(F)(F)F.O=C(O)COOC1(C(=O)O)c2cccc(CCNC(=O)c3cc4c(s3)CCNC4)c21. The van der Waals surface area contributed by atoms with Gasteiger partial charge in [-0.05, 0) is 30.0 Å². The number of carboxylic acids is 3. The molecule has 37 heavy (non-hydrogen) atoms. The molecule has 11 nitrogen and oxygen atoms in total. The number of carboxylic acid groups (broad SMARTS) is 3. The summed E-state index contributed by atoms with van der Waals surface area (Å²) < 4.78 is 31.7. The van der Waals surface area contributed by atoms with Crippen molar-refractivity contribution in [1.82, 2.24) is 10.6 Å². The normalized spacial score (nSPS) is 17.5. The van der Waals surface area contributed by atoms with Crippen LogP contribution in [0.25, 0.3) is 0 Å². The van der Waals surface area contributed by atoms with Gasteiger partial charge in [0.05, 0.1) is 4.88 Å². The third kappa shape index (κ3) is 6.43. The minimum absolute atomic E-state index is 0.156. The van der Waals surface area contributed by atoms with Crippen LogP contribution in [0.15, 0.2) is 24.3 Å². The summed E-state index contributed by atoms with van der Waals surface area (Å²) in [6.45, 7) is 1.24. The molecular formula is C22H21F3N2O9S. The van der Waals surface area contributed by atoms with Gasteiger partial charge in [0.25, 0.3) is 11.5 Å². The predicted molar refractivity (Wildman–Crippen MR) is 119 cm³/mol. The molecule has 0 saturated heterocycles. The summed E-state index contributed by atoms with van der Waals surface area (Å²) in [6, 6.07) is 6.96. The van der Waals surface area contributed by atoms with Crippen LogP contribution < -0.4 is 10.6 Å². The van der Waals surface area contributed by atoms with Crippen LogP contribution in [0, 0.1) is 0 Å². The molecule has 2 aliphatic rings. The Morgan fingerprint density at radius 3 is 2.46 bits per heavy atom. The maximum Gasteiger partial charge on any atom is 0.490 e. The lowest BCUT2D eigenvalue weighted by atomic mass is 10.1. The van der Waals surface area contributed by atoms with Gasteiger partial charge in [0.15, 0.2) is 6.61 Å². The van der Waals surface area contributed by atoms with Crippen molar-refractivity contribution in [3.8, 4) is 0 Å². The van der Waals surface area contributed by atoms with Gasteiger partial charge in [-0.3, -0.25) is 4.79 Å². The molecule has 1 aliphatic heterocycles. The zero-order valence-electron chi connectivity index (χ0n) is 18.9. The molecule has 0 bridgehead atoms. The summed E-state index contributed by atoms with van der Waals surface area (Å²) >= 11 is 1.50. The van der Waals surface area contributed by atoms with Crippen molar-refractivity contribution < 1.29 is 57.4 Å². The Labute approximate surface area is 210 Å². The molecule has 200 valence electrons. The molecule has 1 unspecified atom stereocenters. The summed E-state index contributed by atoms with van der Waals surface area (Å²) in [5, 5.41) is 31.6. The van der Waals surface area contributed by atoms with E-state index in [2.05, 4.69) is 15.5 Å². The highest BCUT2D eigenvalue weighted by atomic mass is 32.1. The standard InChI is InChI=1S/C20H20N2O7S.C2HF3O2/c23-16(24)10-28-29-20(19(26)27)13-3-1-2-11(17(13)20)4-7-22-18(25)15-8-12-9-21-6-5-14(12)30-15;3-2(4,5)1(6)7/h1-3,8,21H,4-7,9-10H2,(H,22,25)(H,23,24)(H,26,27);(H,6,7). The van der Waals surface area contributed by atoms with Gasteiger partial charge in [-0.15, -0.1) is 11.3 Å². The summed E-state index contributed by atoms with van der Waals surface area (Å²) in [4.78, 5) is 55.3. The number of hydrogen-bond donors (Lipinski definition) is 5. The van der Waals surface area contributed by atoms with E-state index in [4.69, 9.17) is 19.9 Å². The number of fused-ring (bicyclic) bond motifs is 2. The minimum atomic E-state index is -5.08. The van der Waals surface area contributed by atoms with Crippen LogP contribution in [0.3, 0.4) is 0 Å². The maximum atomic E-state index is 12.5. The van der Waals surface area contributed by atoms with Gasteiger partial charge in [-0.1, -0.05) is 18.2 Å². The van der Waals surface area contributed by atoms with Crippen molar-refractivity contribution in [3.63, 3.8) is 0 Å². The second-order valence-corrected chi connectivity index (χ2v) is 9.00. The molecule has 4 rings (SSSR count). The third-order valence-corrected chi connectivity index (χ3v) is 6.61. The van der Waals surface area contributed by atoms with Crippen molar-refractivity contribution in [2.75, 3.05) is 19.7 Å². The Bertz CT molecular complexity index is 1190. The van der Waals surface area contributed by atoms with Crippen LogP contribution in [0.5, 0.6) is 0 Å². The molecule has 0 fully saturated rings. The monoisotopic (exact) mass is 546 g/mol. The number of halogens is 3. The number of rotatable bonds is 9. The average molecular weight is 546 g/mol. The molecule has 5 N–H and O–H groups in total. The van der Waals surface area contributed by atoms with E-state index in [-0.39, 0.29) is 5.91 Å². The third-order valence-electron chi connectivity index (χ3n) is 5.37. The Hall–Kier alpha value is -3.53. The molecule has 1 aromatic carbocycles. The maximum absolute atomic E-state index is 12.5. The summed E-state index contributed by atoms with van der Waals surface area (Å²) in [5.74, 6) is -5.46. The average Bonchev–Trinajstić information content (AvgIpc) is 3.28. The number of aliphatic carboxylic acids is 3. The molecule has 0 spiro atoms. The van der Waals surface area contributed by atoms with Crippen LogP contribution in [-0.2, 0) is 49.1 Å². The van der Waals surface area contributed by atoms with E-state index in [9.17, 15) is 32.7 Å². The summed E-state index contributed by atoms with van der Waals surface area (Å²) in [7, 11) is 0. The highest BCUT2D eigenvalue weighted by molar-refractivity contribution is 7.14. The quantitative estimate of drug-likeness (QED) is 0.230. The lowest BCUT2D eigenvalue weighted by molar-refractivity contribution is -0.333. The first kappa shape index (κ1) is 28.0. The predicted octanol–water partition coefficient (Wildman–Crippen LogP) is 1.67. The van der Waals surface area contributed by atoms with Gasteiger partial charge in [0.2, 0.25) is 0 Å². The van der Waals surface area contributed by atoms with E-state index in [1.54, 1.807) is 18.2 Å². The van der Waals surface area contributed by atoms with Crippen LogP contribution in [0.2, 0.25) is 0 Å². The van der Waals surface area contributed by atoms with E-state index in [0.717, 1.165) is 25.1 Å². The number of thiophene rings is 1. The first-order chi connectivity index (χ1) is 17.4. The van der Waals surface area contributed by atoms with Gasteiger partial charge >= 0.3 is 24.1 Å². The zero-order valence-corrected chi connectivity index (χ0v) is 19.7. The van der Waals surface area contributed by atoms with Crippen LogP contribution in [0.4, 0.5) is 13.2 Å². The summed E-state index contributed by atoms with van der Waals surface area (Å²) in [5.41, 5.74) is 0.924. The van der Waals surface area contributed by atoms with E-state index in [1.807, 2.05) is 6.07 Å². The number of amides is 1. The molecule has 1 atom stereocenters. The summed E-state index contributed by atoms with van der Waals surface area (Å²) in [6.07, 6.45) is -3.76. The topological polar surface area (TPSA) is 171 Å². The van der Waals surface area contributed by atoms with Crippen LogP contribution in [0.1, 0.15) is 36.8 Å². The van der Waals surface area contributed by atoms with E-state index in [1.165, 1.54) is 16.2 Å². The van der Waals surface area contributed by atoms with Crippen LogP contribution in [-0.4, -0.2) is 65.0 Å². The highest BCUT2D eigenvalue weighted by Gasteiger charge is 2.62. The molecule has 1 aromatic heterocycles. The molecular weight excluding hydrogens is 525 g/mol. The first-order valence-corrected chi connectivity index (χ1v) is 11.5. The van der Waals surface area contributed by atoms with Crippen molar-refractivity contribution in [2.24, 2.45) is 0 Å². The Balaban J connectivity index is 0.000000479. The van der Waals surface area contributed by atoms with Crippen molar-refractivity contribution in [1.29, 1.82) is 0 Å². The van der Waals surface area contributed by atoms with E-state index in [0.29, 0.717) is 34.5 Å². The molecule has 2 aromatic rings. The molecule has 1 aliphatic carbocycles. The number of carbonyl (C=O) groups excluding carboxylic acids is 1. The van der Waals surface area contributed by atoms with Crippen molar-refractivity contribution >= 4 is 35.2 Å². The van der Waals surface area contributed by atoms with Gasteiger partial charge in [0.1, 0.15) is 0 Å². The Morgan fingerprint density at radius 1 is 1.16 bits per heavy atom. The van der Waals surface area contributed by atoms with Gasteiger partial charge in [-0.2, -0.15) is 13.2 Å².